The van der Waals surface area contributed by atoms with E-state index in [0.29, 0.717) is 13.0 Å². The Morgan fingerprint density at radius 3 is 2.29 bits per heavy atom. The van der Waals surface area contributed by atoms with Crippen molar-refractivity contribution in [1.82, 2.24) is 5.32 Å². The van der Waals surface area contributed by atoms with Crippen LogP contribution in [0, 0.1) is 6.92 Å². The summed E-state index contributed by atoms with van der Waals surface area (Å²) < 4.78 is 0. The molecular formula is C14H22N2O. The SMILES string of the molecule is Cc1ccc(NC(=O)CCNC(C)(C)C)cc1. The second-order valence-electron chi connectivity index (χ2n) is 5.34. The molecule has 0 unspecified atom stereocenters. The third kappa shape index (κ3) is 6.07. The molecule has 0 radical (unpaired) electrons. The molecule has 0 saturated carbocycles. The molecule has 0 bridgehead atoms. The molecule has 0 fully saturated rings. The van der Waals surface area contributed by atoms with Crippen molar-refractivity contribution in [1.29, 1.82) is 0 Å². The molecule has 1 aromatic carbocycles. The summed E-state index contributed by atoms with van der Waals surface area (Å²) in [5.41, 5.74) is 2.11. The van der Waals surface area contributed by atoms with Crippen molar-refractivity contribution < 1.29 is 4.79 Å². The van der Waals surface area contributed by atoms with Gasteiger partial charge in [0, 0.05) is 24.2 Å². The van der Waals surface area contributed by atoms with Crippen molar-refractivity contribution in [3.8, 4) is 0 Å². The predicted molar refractivity (Wildman–Crippen MR) is 72.2 cm³/mol. The Labute approximate surface area is 104 Å². The highest BCUT2D eigenvalue weighted by molar-refractivity contribution is 5.90. The van der Waals surface area contributed by atoms with E-state index < -0.39 is 0 Å². The van der Waals surface area contributed by atoms with Gasteiger partial charge in [0.2, 0.25) is 5.91 Å². The molecular weight excluding hydrogens is 212 g/mol. The molecule has 0 aliphatic heterocycles. The number of hydrogen-bond donors (Lipinski definition) is 2. The molecule has 0 heterocycles. The molecule has 94 valence electrons. The predicted octanol–water partition coefficient (Wildman–Crippen LogP) is 2.71. The summed E-state index contributed by atoms with van der Waals surface area (Å²) in [5, 5.41) is 6.16. The maximum atomic E-state index is 11.6. The largest absolute Gasteiger partial charge is 0.326 e. The van der Waals surface area contributed by atoms with Crippen LogP contribution < -0.4 is 10.6 Å². The topological polar surface area (TPSA) is 41.1 Å². The van der Waals surface area contributed by atoms with Crippen LogP contribution in [-0.4, -0.2) is 18.0 Å². The van der Waals surface area contributed by atoms with Crippen molar-refractivity contribution in [2.24, 2.45) is 0 Å². The Morgan fingerprint density at radius 2 is 1.76 bits per heavy atom. The highest BCUT2D eigenvalue weighted by atomic mass is 16.1. The van der Waals surface area contributed by atoms with E-state index in [1.54, 1.807) is 0 Å². The van der Waals surface area contributed by atoms with Crippen molar-refractivity contribution in [3.05, 3.63) is 29.8 Å². The van der Waals surface area contributed by atoms with Crippen LogP contribution in [0.4, 0.5) is 5.69 Å². The minimum atomic E-state index is 0.0469. The van der Waals surface area contributed by atoms with Gasteiger partial charge in [-0.15, -0.1) is 0 Å². The van der Waals surface area contributed by atoms with Gasteiger partial charge in [0.15, 0.2) is 0 Å². The van der Waals surface area contributed by atoms with Crippen LogP contribution in [0.2, 0.25) is 0 Å². The molecule has 3 heteroatoms. The van der Waals surface area contributed by atoms with Gasteiger partial charge in [-0.3, -0.25) is 4.79 Å². The molecule has 0 aliphatic carbocycles. The molecule has 0 saturated heterocycles. The summed E-state index contributed by atoms with van der Waals surface area (Å²) in [7, 11) is 0. The van der Waals surface area contributed by atoms with Crippen LogP contribution in [0.1, 0.15) is 32.8 Å². The second-order valence-corrected chi connectivity index (χ2v) is 5.34. The number of carbonyl (C=O) groups is 1. The summed E-state index contributed by atoms with van der Waals surface area (Å²) in [6.07, 6.45) is 0.491. The smallest absolute Gasteiger partial charge is 0.225 e. The third-order valence-electron chi connectivity index (χ3n) is 2.34. The fourth-order valence-corrected chi connectivity index (χ4v) is 1.41. The molecule has 3 nitrogen and oxygen atoms in total. The van der Waals surface area contributed by atoms with Gasteiger partial charge in [0.05, 0.1) is 0 Å². The van der Waals surface area contributed by atoms with E-state index in [4.69, 9.17) is 0 Å². The van der Waals surface area contributed by atoms with E-state index in [1.165, 1.54) is 5.56 Å². The summed E-state index contributed by atoms with van der Waals surface area (Å²) in [6, 6.07) is 7.82. The maximum Gasteiger partial charge on any atom is 0.225 e. The van der Waals surface area contributed by atoms with E-state index >= 15 is 0 Å². The molecule has 1 rings (SSSR count). The molecule has 0 aromatic heterocycles. The van der Waals surface area contributed by atoms with Crippen LogP contribution in [0.25, 0.3) is 0 Å². The molecule has 1 amide bonds. The summed E-state index contributed by atoms with van der Waals surface area (Å²) >= 11 is 0. The van der Waals surface area contributed by atoms with Gasteiger partial charge in [-0.25, -0.2) is 0 Å². The molecule has 0 aliphatic rings. The average molecular weight is 234 g/mol. The number of rotatable bonds is 4. The number of aryl methyl sites for hydroxylation is 1. The number of anilines is 1. The Bertz CT molecular complexity index is 363. The minimum Gasteiger partial charge on any atom is -0.326 e. The zero-order valence-corrected chi connectivity index (χ0v) is 11.1. The first kappa shape index (κ1) is 13.7. The monoisotopic (exact) mass is 234 g/mol. The summed E-state index contributed by atoms with van der Waals surface area (Å²) in [6.45, 7) is 8.99. The lowest BCUT2D eigenvalue weighted by atomic mass is 10.1. The zero-order chi connectivity index (χ0) is 12.9. The van der Waals surface area contributed by atoms with Gasteiger partial charge in [-0.1, -0.05) is 17.7 Å². The van der Waals surface area contributed by atoms with Crippen LogP contribution in [0.3, 0.4) is 0 Å². The number of benzene rings is 1. The fraction of sp³-hybridized carbons (Fsp3) is 0.500. The highest BCUT2D eigenvalue weighted by Gasteiger charge is 2.09. The zero-order valence-electron chi connectivity index (χ0n) is 11.1. The number of carbonyl (C=O) groups excluding carboxylic acids is 1. The van der Waals surface area contributed by atoms with Gasteiger partial charge < -0.3 is 10.6 Å². The number of amides is 1. The quantitative estimate of drug-likeness (QED) is 0.841. The number of nitrogens with one attached hydrogen (secondary N) is 2. The Morgan fingerprint density at radius 1 is 1.18 bits per heavy atom. The Balaban J connectivity index is 2.32. The molecule has 1 aromatic rings. The van der Waals surface area contributed by atoms with E-state index in [9.17, 15) is 4.79 Å². The van der Waals surface area contributed by atoms with E-state index in [2.05, 4.69) is 31.4 Å². The minimum absolute atomic E-state index is 0.0469. The van der Waals surface area contributed by atoms with Gasteiger partial charge in [-0.05, 0) is 39.8 Å². The highest BCUT2D eigenvalue weighted by Crippen LogP contribution is 2.08. The van der Waals surface area contributed by atoms with Crippen molar-refractivity contribution in [2.45, 2.75) is 39.7 Å². The molecule has 0 atom stereocenters. The van der Waals surface area contributed by atoms with Crippen LogP contribution in [0.5, 0.6) is 0 Å². The summed E-state index contributed by atoms with van der Waals surface area (Å²) in [4.78, 5) is 11.6. The molecule has 2 N–H and O–H groups in total. The Hall–Kier alpha value is -1.35. The van der Waals surface area contributed by atoms with E-state index in [-0.39, 0.29) is 11.4 Å². The van der Waals surface area contributed by atoms with Gasteiger partial charge in [-0.2, -0.15) is 0 Å². The maximum absolute atomic E-state index is 11.6. The fourth-order valence-electron chi connectivity index (χ4n) is 1.41. The van der Waals surface area contributed by atoms with E-state index in [1.807, 2.05) is 31.2 Å². The average Bonchev–Trinajstić information content (AvgIpc) is 2.19. The standard InChI is InChI=1S/C14H22N2O/c1-11-5-7-12(8-6-11)16-13(17)9-10-15-14(2,3)4/h5-8,15H,9-10H2,1-4H3,(H,16,17). The normalized spacial score (nSPS) is 11.3. The molecule has 17 heavy (non-hydrogen) atoms. The van der Waals surface area contributed by atoms with Gasteiger partial charge >= 0.3 is 0 Å². The van der Waals surface area contributed by atoms with Crippen LogP contribution >= 0.6 is 0 Å². The number of hydrogen-bond acceptors (Lipinski definition) is 2. The molecule has 0 spiro atoms. The Kier molecular flexibility index (Phi) is 4.70. The lowest BCUT2D eigenvalue weighted by Gasteiger charge is -2.20. The third-order valence-corrected chi connectivity index (χ3v) is 2.34. The van der Waals surface area contributed by atoms with Crippen molar-refractivity contribution >= 4 is 11.6 Å². The van der Waals surface area contributed by atoms with Gasteiger partial charge in [0.1, 0.15) is 0 Å². The first-order chi connectivity index (χ1) is 7.87. The lowest BCUT2D eigenvalue weighted by molar-refractivity contribution is -0.116. The second kappa shape index (κ2) is 5.82. The summed E-state index contributed by atoms with van der Waals surface area (Å²) in [5.74, 6) is 0.0469. The van der Waals surface area contributed by atoms with E-state index in [0.717, 1.165) is 5.69 Å². The lowest BCUT2D eigenvalue weighted by Crippen LogP contribution is -2.37. The first-order valence-corrected chi connectivity index (χ1v) is 5.98. The van der Waals surface area contributed by atoms with Crippen LogP contribution in [0.15, 0.2) is 24.3 Å². The van der Waals surface area contributed by atoms with Crippen molar-refractivity contribution in [3.63, 3.8) is 0 Å². The van der Waals surface area contributed by atoms with Crippen LogP contribution in [-0.2, 0) is 4.79 Å². The van der Waals surface area contributed by atoms with Gasteiger partial charge in [0.25, 0.3) is 0 Å². The first-order valence-electron chi connectivity index (χ1n) is 5.98. The van der Waals surface area contributed by atoms with Crippen molar-refractivity contribution in [2.75, 3.05) is 11.9 Å².